The van der Waals surface area contributed by atoms with Crippen molar-refractivity contribution in [3.05, 3.63) is 24.5 Å². The predicted octanol–water partition coefficient (Wildman–Crippen LogP) is 0.970. The number of nitrogens with zero attached hydrogens (tertiary/aromatic N) is 4. The van der Waals surface area contributed by atoms with Gasteiger partial charge < -0.3 is 9.63 Å². The smallest absolute Gasteiger partial charge is 0.261 e. The fraction of sp³-hybridized carbons (Fsp3) is 0.333. The Bertz CT molecular complexity index is 429. The maximum absolute atomic E-state index is 9.47. The average molecular weight is 206 g/mol. The highest BCUT2D eigenvalue weighted by molar-refractivity contribution is 5.48. The van der Waals surface area contributed by atoms with Crippen LogP contribution in [0.4, 0.5) is 0 Å². The van der Waals surface area contributed by atoms with E-state index in [0.717, 1.165) is 0 Å². The summed E-state index contributed by atoms with van der Waals surface area (Å²) < 4.78 is 4.97. The molecule has 0 bridgehead atoms. The molecule has 78 valence electrons. The third-order valence-electron chi connectivity index (χ3n) is 1.93. The fourth-order valence-electron chi connectivity index (χ4n) is 1.08. The summed E-state index contributed by atoms with van der Waals surface area (Å²) in [5, 5.41) is 13.1. The van der Waals surface area contributed by atoms with E-state index in [1.54, 1.807) is 12.4 Å². The molecule has 1 N–H and O–H groups in total. The minimum Gasteiger partial charge on any atom is -0.385 e. The lowest BCUT2D eigenvalue weighted by atomic mass is 10.3. The largest absolute Gasteiger partial charge is 0.385 e. The molecule has 0 fully saturated rings. The molecule has 0 spiro atoms. The van der Waals surface area contributed by atoms with Gasteiger partial charge in [-0.05, 0) is 6.42 Å². The van der Waals surface area contributed by atoms with Crippen molar-refractivity contribution < 1.29 is 9.63 Å². The van der Waals surface area contributed by atoms with E-state index in [2.05, 4.69) is 20.1 Å². The van der Waals surface area contributed by atoms with E-state index in [0.29, 0.717) is 17.9 Å². The van der Waals surface area contributed by atoms with Gasteiger partial charge >= 0.3 is 0 Å². The van der Waals surface area contributed by atoms with Crippen molar-refractivity contribution in [2.24, 2.45) is 0 Å². The van der Waals surface area contributed by atoms with Crippen molar-refractivity contribution >= 4 is 0 Å². The maximum Gasteiger partial charge on any atom is 0.261 e. The topological polar surface area (TPSA) is 84.9 Å². The molecule has 0 amide bonds. The molecule has 2 rings (SSSR count). The van der Waals surface area contributed by atoms with Gasteiger partial charge in [0.1, 0.15) is 12.4 Å². The van der Waals surface area contributed by atoms with Crippen LogP contribution in [0.3, 0.4) is 0 Å². The minimum absolute atomic E-state index is 0.288. The quantitative estimate of drug-likeness (QED) is 0.805. The van der Waals surface area contributed by atoms with E-state index in [1.807, 2.05) is 6.92 Å². The van der Waals surface area contributed by atoms with Gasteiger partial charge in [-0.1, -0.05) is 12.1 Å². The summed E-state index contributed by atoms with van der Waals surface area (Å²) in [6.45, 7) is 1.84. The van der Waals surface area contributed by atoms with Crippen molar-refractivity contribution in [1.29, 1.82) is 0 Å². The van der Waals surface area contributed by atoms with Gasteiger partial charge in [-0.25, -0.2) is 9.97 Å². The van der Waals surface area contributed by atoms with Gasteiger partial charge in [0.05, 0.1) is 5.56 Å². The summed E-state index contributed by atoms with van der Waals surface area (Å²) in [5.41, 5.74) is 0.638. The highest BCUT2D eigenvalue weighted by atomic mass is 16.5. The first-order valence-corrected chi connectivity index (χ1v) is 4.58. The molecular weight excluding hydrogens is 196 g/mol. The van der Waals surface area contributed by atoms with Gasteiger partial charge in [0.15, 0.2) is 0 Å². The number of hydrogen-bond acceptors (Lipinski definition) is 6. The third-order valence-corrected chi connectivity index (χ3v) is 1.93. The van der Waals surface area contributed by atoms with Crippen molar-refractivity contribution in [2.45, 2.75) is 19.4 Å². The lowest BCUT2D eigenvalue weighted by Crippen LogP contribution is -1.97. The Hall–Kier alpha value is -1.82. The van der Waals surface area contributed by atoms with E-state index < -0.39 is 6.10 Å². The Morgan fingerprint density at radius 3 is 2.80 bits per heavy atom. The van der Waals surface area contributed by atoms with Gasteiger partial charge in [-0.3, -0.25) is 0 Å². The molecule has 1 unspecified atom stereocenters. The maximum atomic E-state index is 9.47. The van der Waals surface area contributed by atoms with Crippen LogP contribution >= 0.6 is 0 Å². The second-order valence-electron chi connectivity index (χ2n) is 3.01. The van der Waals surface area contributed by atoms with E-state index in [9.17, 15) is 5.11 Å². The Morgan fingerprint density at radius 1 is 1.40 bits per heavy atom. The molecule has 0 aliphatic carbocycles. The average Bonchev–Trinajstić information content (AvgIpc) is 2.78. The van der Waals surface area contributed by atoms with Crippen LogP contribution in [-0.2, 0) is 0 Å². The SMILES string of the molecule is CCC(O)c1noc(-c2cncnc2)n1. The molecule has 2 aromatic heterocycles. The normalized spacial score (nSPS) is 12.7. The van der Waals surface area contributed by atoms with Gasteiger partial charge in [0.2, 0.25) is 5.82 Å². The van der Waals surface area contributed by atoms with Crippen LogP contribution in [0.5, 0.6) is 0 Å². The molecule has 15 heavy (non-hydrogen) atoms. The fourth-order valence-corrected chi connectivity index (χ4v) is 1.08. The Balaban J connectivity index is 2.28. The number of hydrogen-bond donors (Lipinski definition) is 1. The van der Waals surface area contributed by atoms with Gasteiger partial charge in [-0.2, -0.15) is 4.98 Å². The Labute approximate surface area is 86.0 Å². The van der Waals surface area contributed by atoms with Gasteiger partial charge in [-0.15, -0.1) is 0 Å². The molecule has 6 heteroatoms. The number of aromatic nitrogens is 4. The summed E-state index contributed by atoms with van der Waals surface area (Å²) in [6, 6.07) is 0. The van der Waals surface area contributed by atoms with Gasteiger partial charge in [0.25, 0.3) is 5.89 Å². The lowest BCUT2D eigenvalue weighted by molar-refractivity contribution is 0.159. The monoisotopic (exact) mass is 206 g/mol. The Kier molecular flexibility index (Phi) is 2.68. The van der Waals surface area contributed by atoms with Crippen molar-refractivity contribution in [2.75, 3.05) is 0 Å². The molecular formula is C9H10N4O2. The van der Waals surface area contributed by atoms with E-state index >= 15 is 0 Å². The molecule has 0 aliphatic heterocycles. The summed E-state index contributed by atoms with van der Waals surface area (Å²) >= 11 is 0. The van der Waals surface area contributed by atoms with Crippen LogP contribution in [-0.4, -0.2) is 25.2 Å². The molecule has 0 radical (unpaired) electrons. The van der Waals surface area contributed by atoms with E-state index in [4.69, 9.17) is 4.52 Å². The zero-order chi connectivity index (χ0) is 10.7. The van der Waals surface area contributed by atoms with E-state index in [1.165, 1.54) is 6.33 Å². The molecule has 1 atom stereocenters. The number of aliphatic hydroxyl groups is 1. The molecule has 2 aromatic rings. The first-order chi connectivity index (χ1) is 7.31. The van der Waals surface area contributed by atoms with Crippen LogP contribution < -0.4 is 0 Å². The summed E-state index contributed by atoms with van der Waals surface area (Å²) in [7, 11) is 0. The Morgan fingerprint density at radius 2 is 2.13 bits per heavy atom. The first-order valence-electron chi connectivity index (χ1n) is 4.58. The van der Waals surface area contributed by atoms with Crippen LogP contribution in [0.25, 0.3) is 11.5 Å². The summed E-state index contributed by atoms with van der Waals surface area (Å²) in [5.74, 6) is 0.606. The predicted molar refractivity (Wildman–Crippen MR) is 50.6 cm³/mol. The second-order valence-corrected chi connectivity index (χ2v) is 3.01. The molecule has 2 heterocycles. The first kappa shape index (κ1) is 9.72. The van der Waals surface area contributed by atoms with Crippen molar-refractivity contribution in [1.82, 2.24) is 20.1 Å². The molecule has 0 aliphatic rings. The lowest BCUT2D eigenvalue weighted by Gasteiger charge is -1.97. The molecule has 6 nitrogen and oxygen atoms in total. The van der Waals surface area contributed by atoms with Crippen molar-refractivity contribution in [3.8, 4) is 11.5 Å². The zero-order valence-corrected chi connectivity index (χ0v) is 8.16. The number of rotatable bonds is 3. The van der Waals surface area contributed by atoms with Crippen molar-refractivity contribution in [3.63, 3.8) is 0 Å². The molecule has 0 saturated carbocycles. The minimum atomic E-state index is -0.688. The molecule has 0 aromatic carbocycles. The van der Waals surface area contributed by atoms with Gasteiger partial charge in [0, 0.05) is 12.4 Å². The summed E-state index contributed by atoms with van der Waals surface area (Å²) in [4.78, 5) is 11.7. The number of aliphatic hydroxyl groups excluding tert-OH is 1. The van der Waals surface area contributed by atoms with Crippen LogP contribution in [0.15, 0.2) is 23.2 Å². The van der Waals surface area contributed by atoms with Crippen LogP contribution in [0.2, 0.25) is 0 Å². The van der Waals surface area contributed by atoms with E-state index in [-0.39, 0.29) is 5.82 Å². The second kappa shape index (κ2) is 4.14. The third kappa shape index (κ3) is 1.99. The zero-order valence-electron chi connectivity index (χ0n) is 8.16. The summed E-state index contributed by atoms with van der Waals surface area (Å²) in [6.07, 6.45) is 4.42. The van der Waals surface area contributed by atoms with Crippen LogP contribution in [0.1, 0.15) is 25.3 Å². The molecule has 0 saturated heterocycles. The highest BCUT2D eigenvalue weighted by Crippen LogP contribution is 2.18. The standard InChI is InChI=1S/C9H10N4O2/c1-2-7(14)8-12-9(15-13-8)6-3-10-5-11-4-6/h3-5,7,14H,2H2,1H3. The highest BCUT2D eigenvalue weighted by Gasteiger charge is 2.14. The van der Waals surface area contributed by atoms with Crippen LogP contribution in [0, 0.1) is 0 Å².